The summed E-state index contributed by atoms with van der Waals surface area (Å²) in [5.41, 5.74) is -0.679. The Balaban J connectivity index is 2.19. The highest BCUT2D eigenvalue weighted by molar-refractivity contribution is 8.00. The van der Waals surface area contributed by atoms with Crippen LogP contribution in [0.25, 0.3) is 0 Å². The number of nitrogens with one attached hydrogen (secondary N) is 1. The molecule has 2 fully saturated rings. The summed E-state index contributed by atoms with van der Waals surface area (Å²) in [5.74, 6) is 0.122. The average molecular weight is 284 g/mol. The number of amides is 2. The molecule has 2 amide bonds. The largest absolute Gasteiger partial charge is 0.342 e. The molecule has 108 valence electrons. The molecule has 0 aromatic rings. The van der Waals surface area contributed by atoms with E-state index in [0.29, 0.717) is 25.8 Å². The molecule has 1 saturated heterocycles. The summed E-state index contributed by atoms with van der Waals surface area (Å²) in [6.07, 6.45) is 6.24. The molecule has 2 rings (SSSR count). The van der Waals surface area contributed by atoms with Crippen molar-refractivity contribution in [3.05, 3.63) is 0 Å². The highest BCUT2D eigenvalue weighted by Crippen LogP contribution is 2.48. The summed E-state index contributed by atoms with van der Waals surface area (Å²) in [5, 5.41) is 2.96. The lowest BCUT2D eigenvalue weighted by molar-refractivity contribution is -0.139. The fourth-order valence-electron chi connectivity index (χ4n) is 2.82. The number of rotatable bonds is 5. The first kappa shape index (κ1) is 14.7. The van der Waals surface area contributed by atoms with E-state index >= 15 is 0 Å². The van der Waals surface area contributed by atoms with Gasteiger partial charge in [0.15, 0.2) is 0 Å². The Bertz CT molecular complexity index is 376. The monoisotopic (exact) mass is 284 g/mol. The van der Waals surface area contributed by atoms with Crippen LogP contribution in [0.5, 0.6) is 0 Å². The summed E-state index contributed by atoms with van der Waals surface area (Å²) in [6.45, 7) is 5.32. The molecule has 4 nitrogen and oxygen atoms in total. The van der Waals surface area contributed by atoms with Crippen molar-refractivity contribution in [2.45, 2.75) is 56.2 Å². The van der Waals surface area contributed by atoms with Crippen LogP contribution in [0.1, 0.15) is 46.0 Å². The first-order chi connectivity index (χ1) is 9.01. The minimum Gasteiger partial charge on any atom is -0.342 e. The molecule has 1 N–H and O–H groups in total. The van der Waals surface area contributed by atoms with Crippen molar-refractivity contribution in [3.63, 3.8) is 0 Å². The maximum Gasteiger partial charge on any atom is 0.248 e. The molecule has 0 spiro atoms. The fourth-order valence-corrected chi connectivity index (χ4v) is 3.61. The molecule has 0 aromatic heterocycles. The molecule has 0 atom stereocenters. The van der Waals surface area contributed by atoms with Gasteiger partial charge in [0.1, 0.15) is 5.54 Å². The Morgan fingerprint density at radius 1 is 1.26 bits per heavy atom. The molecule has 0 aromatic carbocycles. The average Bonchev–Trinajstić information content (AvgIpc) is 3.21. The van der Waals surface area contributed by atoms with Gasteiger partial charge in [-0.2, -0.15) is 11.8 Å². The number of hydrogen-bond donors (Lipinski definition) is 1. The zero-order chi connectivity index (χ0) is 14.1. The summed E-state index contributed by atoms with van der Waals surface area (Å²) in [4.78, 5) is 26.6. The molecular formula is C14H24N2O2S. The standard InChI is InChI=1S/C14H24N2O2S/c1-4-14(5-2)12(18)16(9-6-11(17)15-14)10-13(19-3)7-8-13/h4-10H2,1-3H3,(H,15,17). The van der Waals surface area contributed by atoms with E-state index in [9.17, 15) is 9.59 Å². The minimum absolute atomic E-state index is 0.00792. The third-order valence-corrected chi connectivity index (χ3v) is 6.01. The molecule has 2 aliphatic rings. The smallest absolute Gasteiger partial charge is 0.248 e. The second-order valence-corrected chi connectivity index (χ2v) is 6.98. The molecule has 5 heteroatoms. The Labute approximate surface area is 119 Å². The van der Waals surface area contributed by atoms with Crippen molar-refractivity contribution < 1.29 is 9.59 Å². The van der Waals surface area contributed by atoms with E-state index in [1.54, 1.807) is 0 Å². The number of carbonyl (C=O) groups excluding carboxylic acids is 2. The third kappa shape index (κ3) is 2.76. The molecular weight excluding hydrogens is 260 g/mol. The van der Waals surface area contributed by atoms with Crippen molar-refractivity contribution >= 4 is 23.6 Å². The SMILES string of the molecule is CCC1(CC)NC(=O)CCN(CC2(SC)CC2)C1=O. The van der Waals surface area contributed by atoms with Crippen LogP contribution in [-0.2, 0) is 9.59 Å². The van der Waals surface area contributed by atoms with Gasteiger partial charge in [0, 0.05) is 24.3 Å². The van der Waals surface area contributed by atoms with Gasteiger partial charge in [0.2, 0.25) is 11.8 Å². The van der Waals surface area contributed by atoms with Crippen molar-refractivity contribution in [3.8, 4) is 0 Å². The van der Waals surface area contributed by atoms with Gasteiger partial charge in [0.05, 0.1) is 0 Å². The lowest BCUT2D eigenvalue weighted by Gasteiger charge is -2.35. The van der Waals surface area contributed by atoms with Crippen molar-refractivity contribution in [1.29, 1.82) is 0 Å². The Hall–Kier alpha value is -0.710. The molecule has 0 radical (unpaired) electrons. The number of hydrogen-bond acceptors (Lipinski definition) is 3. The Morgan fingerprint density at radius 2 is 1.89 bits per heavy atom. The molecule has 0 bridgehead atoms. The number of thioether (sulfide) groups is 1. The summed E-state index contributed by atoms with van der Waals surface area (Å²) in [7, 11) is 0. The van der Waals surface area contributed by atoms with E-state index in [1.807, 2.05) is 30.5 Å². The van der Waals surface area contributed by atoms with Crippen LogP contribution in [0.2, 0.25) is 0 Å². The lowest BCUT2D eigenvalue weighted by Crippen LogP contribution is -2.57. The summed E-state index contributed by atoms with van der Waals surface area (Å²) >= 11 is 1.86. The van der Waals surface area contributed by atoms with Crippen LogP contribution in [0.3, 0.4) is 0 Å². The van der Waals surface area contributed by atoms with Crippen molar-refractivity contribution in [2.75, 3.05) is 19.3 Å². The second kappa shape index (κ2) is 5.35. The first-order valence-corrected chi connectivity index (χ1v) is 8.39. The first-order valence-electron chi connectivity index (χ1n) is 7.16. The predicted octanol–water partition coefficient (Wildman–Crippen LogP) is 1.79. The second-order valence-electron chi connectivity index (χ2n) is 5.70. The molecule has 0 unspecified atom stereocenters. The topological polar surface area (TPSA) is 49.4 Å². The van der Waals surface area contributed by atoms with Gasteiger partial charge in [-0.1, -0.05) is 13.8 Å². The Morgan fingerprint density at radius 3 is 2.37 bits per heavy atom. The molecule has 1 aliphatic heterocycles. The fraction of sp³-hybridized carbons (Fsp3) is 0.857. The van der Waals surface area contributed by atoms with E-state index in [0.717, 1.165) is 6.54 Å². The number of nitrogens with zero attached hydrogens (tertiary/aromatic N) is 1. The van der Waals surface area contributed by atoms with Gasteiger partial charge in [-0.15, -0.1) is 0 Å². The van der Waals surface area contributed by atoms with Gasteiger partial charge in [-0.25, -0.2) is 0 Å². The van der Waals surface area contributed by atoms with Crippen LogP contribution < -0.4 is 5.32 Å². The third-order valence-electron chi connectivity index (χ3n) is 4.61. The van der Waals surface area contributed by atoms with E-state index in [1.165, 1.54) is 12.8 Å². The van der Waals surface area contributed by atoms with Crippen molar-refractivity contribution in [1.82, 2.24) is 10.2 Å². The zero-order valence-electron chi connectivity index (χ0n) is 12.1. The summed E-state index contributed by atoms with van der Waals surface area (Å²) in [6, 6.07) is 0. The zero-order valence-corrected chi connectivity index (χ0v) is 12.9. The maximum atomic E-state index is 12.8. The number of carbonyl (C=O) groups is 2. The van der Waals surface area contributed by atoms with Crippen LogP contribution in [-0.4, -0.2) is 46.3 Å². The van der Waals surface area contributed by atoms with Crippen LogP contribution in [0.15, 0.2) is 0 Å². The van der Waals surface area contributed by atoms with Gasteiger partial charge in [-0.05, 0) is 31.9 Å². The van der Waals surface area contributed by atoms with Crippen LogP contribution in [0.4, 0.5) is 0 Å². The highest BCUT2D eigenvalue weighted by Gasteiger charge is 2.48. The van der Waals surface area contributed by atoms with Crippen molar-refractivity contribution in [2.24, 2.45) is 0 Å². The minimum atomic E-state index is -0.679. The predicted molar refractivity (Wildman–Crippen MR) is 78.1 cm³/mol. The molecule has 1 heterocycles. The van der Waals surface area contributed by atoms with Gasteiger partial charge < -0.3 is 10.2 Å². The molecule has 1 saturated carbocycles. The normalized spacial score (nSPS) is 24.9. The van der Waals surface area contributed by atoms with E-state index < -0.39 is 5.54 Å². The highest BCUT2D eigenvalue weighted by atomic mass is 32.2. The van der Waals surface area contributed by atoms with Crippen LogP contribution >= 0.6 is 11.8 Å². The summed E-state index contributed by atoms with van der Waals surface area (Å²) < 4.78 is 0.260. The quantitative estimate of drug-likeness (QED) is 0.837. The van der Waals surface area contributed by atoms with Gasteiger partial charge >= 0.3 is 0 Å². The van der Waals surface area contributed by atoms with Gasteiger partial charge in [-0.3, -0.25) is 9.59 Å². The van der Waals surface area contributed by atoms with Gasteiger partial charge in [0.25, 0.3) is 0 Å². The molecule has 1 aliphatic carbocycles. The van der Waals surface area contributed by atoms with E-state index in [-0.39, 0.29) is 16.6 Å². The molecule has 19 heavy (non-hydrogen) atoms. The lowest BCUT2D eigenvalue weighted by atomic mass is 9.91. The maximum absolute atomic E-state index is 12.8. The van der Waals surface area contributed by atoms with Crippen LogP contribution in [0, 0.1) is 0 Å². The Kier molecular flexibility index (Phi) is 4.14. The van der Waals surface area contributed by atoms with E-state index in [2.05, 4.69) is 11.6 Å². The van der Waals surface area contributed by atoms with E-state index in [4.69, 9.17) is 0 Å².